The summed E-state index contributed by atoms with van der Waals surface area (Å²) in [6.45, 7) is 6.91. The predicted octanol–water partition coefficient (Wildman–Crippen LogP) is 1.74. The lowest BCUT2D eigenvalue weighted by Gasteiger charge is -2.22. The number of hydrogen-bond donors (Lipinski definition) is 0. The average Bonchev–Trinajstić information content (AvgIpc) is 2.72. The van der Waals surface area contributed by atoms with E-state index in [1.165, 1.54) is 0 Å². The number of carbonyl (C=O) groups is 1. The third-order valence-electron chi connectivity index (χ3n) is 2.74. The van der Waals surface area contributed by atoms with Gasteiger partial charge in [-0.1, -0.05) is 12.2 Å². The van der Waals surface area contributed by atoms with Crippen LogP contribution in [0, 0.1) is 11.3 Å². The number of rotatable bonds is 1. The Morgan fingerprint density at radius 1 is 1.58 bits per heavy atom. The van der Waals surface area contributed by atoms with Crippen molar-refractivity contribution >= 4 is 6.16 Å². The van der Waals surface area contributed by atoms with Crippen LogP contribution in [0.2, 0.25) is 0 Å². The molecule has 0 radical (unpaired) electrons. The first kappa shape index (κ1) is 7.65. The molecule has 1 aliphatic carbocycles. The van der Waals surface area contributed by atoms with Crippen LogP contribution >= 0.6 is 0 Å². The predicted molar refractivity (Wildman–Crippen MR) is 42.7 cm³/mol. The molecule has 0 aromatic rings. The van der Waals surface area contributed by atoms with E-state index in [1.54, 1.807) is 0 Å². The Labute approximate surface area is 71.3 Å². The van der Waals surface area contributed by atoms with Gasteiger partial charge in [0.05, 0.1) is 0 Å². The minimum atomic E-state index is -0.534. The Morgan fingerprint density at radius 2 is 2.17 bits per heavy atom. The van der Waals surface area contributed by atoms with Gasteiger partial charge in [-0.25, -0.2) is 4.79 Å². The molecule has 3 nitrogen and oxygen atoms in total. The highest BCUT2D eigenvalue weighted by Crippen LogP contribution is 2.57. The van der Waals surface area contributed by atoms with Gasteiger partial charge in [-0.15, -0.1) is 0 Å². The summed E-state index contributed by atoms with van der Waals surface area (Å²) in [6, 6.07) is 0. The first-order chi connectivity index (χ1) is 5.64. The largest absolute Gasteiger partial charge is 0.508 e. The molecule has 0 aromatic heterocycles. The van der Waals surface area contributed by atoms with Gasteiger partial charge >= 0.3 is 6.16 Å². The van der Waals surface area contributed by atoms with E-state index in [9.17, 15) is 4.79 Å². The summed E-state index contributed by atoms with van der Waals surface area (Å²) in [5.41, 5.74) is 1.25. The monoisotopic (exact) mass is 168 g/mol. The molecule has 3 heteroatoms. The minimum Gasteiger partial charge on any atom is -0.434 e. The second kappa shape index (κ2) is 2.25. The minimum absolute atomic E-state index is 0.0831. The molecular formula is C9H12O3. The molecule has 66 valence electrons. The Balaban J connectivity index is 1.99. The molecule has 1 heterocycles. The Hall–Kier alpha value is -0.990. The summed E-state index contributed by atoms with van der Waals surface area (Å²) in [5, 5.41) is 0. The molecule has 0 N–H and O–H groups in total. The van der Waals surface area contributed by atoms with E-state index in [0.29, 0.717) is 19.1 Å². The highest BCUT2D eigenvalue weighted by atomic mass is 16.7. The molecule has 1 aliphatic heterocycles. The van der Waals surface area contributed by atoms with Crippen LogP contribution in [0.5, 0.6) is 0 Å². The van der Waals surface area contributed by atoms with Crippen molar-refractivity contribution in [1.82, 2.24) is 0 Å². The van der Waals surface area contributed by atoms with Crippen molar-refractivity contribution < 1.29 is 14.3 Å². The molecule has 2 rings (SSSR count). The third kappa shape index (κ3) is 1.00. The fourth-order valence-corrected chi connectivity index (χ4v) is 1.85. The lowest BCUT2D eigenvalue weighted by atomic mass is 10.0. The zero-order valence-electron chi connectivity index (χ0n) is 7.13. The van der Waals surface area contributed by atoms with Gasteiger partial charge in [-0.3, -0.25) is 0 Å². The van der Waals surface area contributed by atoms with E-state index in [0.717, 1.165) is 12.0 Å². The quantitative estimate of drug-likeness (QED) is 0.442. The molecule has 2 fully saturated rings. The number of allylic oxidation sites excluding steroid dienone is 1. The molecule has 12 heavy (non-hydrogen) atoms. The highest BCUT2D eigenvalue weighted by molar-refractivity contribution is 5.61. The smallest absolute Gasteiger partial charge is 0.434 e. The summed E-state index contributed by atoms with van der Waals surface area (Å²) < 4.78 is 9.67. The van der Waals surface area contributed by atoms with Crippen LogP contribution in [0.1, 0.15) is 13.3 Å². The van der Waals surface area contributed by atoms with Gasteiger partial charge in [0.25, 0.3) is 0 Å². The second-order valence-electron chi connectivity index (χ2n) is 3.79. The summed E-state index contributed by atoms with van der Waals surface area (Å²) in [6.07, 6.45) is 0.517. The molecule has 2 aliphatic rings. The van der Waals surface area contributed by atoms with Gasteiger partial charge in [0.2, 0.25) is 0 Å². The maximum absolute atomic E-state index is 10.6. The van der Waals surface area contributed by atoms with Crippen LogP contribution in [-0.2, 0) is 9.47 Å². The standard InChI is InChI=1S/C9H12O3/c1-6(2)7-3-9(7)4-11-8(10)12-5-9/h7H,1,3-5H2,2H3. The van der Waals surface area contributed by atoms with Crippen LogP contribution in [0.15, 0.2) is 12.2 Å². The molecule has 1 saturated heterocycles. The summed E-state index contributed by atoms with van der Waals surface area (Å²) >= 11 is 0. The normalized spacial score (nSPS) is 30.8. The van der Waals surface area contributed by atoms with Crippen molar-refractivity contribution in [2.24, 2.45) is 11.3 Å². The molecule has 1 spiro atoms. The molecule has 0 amide bonds. The molecule has 1 atom stereocenters. The van der Waals surface area contributed by atoms with Crippen molar-refractivity contribution in [1.29, 1.82) is 0 Å². The van der Waals surface area contributed by atoms with Crippen molar-refractivity contribution in [3.05, 3.63) is 12.2 Å². The lowest BCUT2D eigenvalue weighted by Crippen LogP contribution is -2.30. The fourth-order valence-electron chi connectivity index (χ4n) is 1.85. The van der Waals surface area contributed by atoms with Crippen molar-refractivity contribution in [2.45, 2.75) is 13.3 Å². The van der Waals surface area contributed by atoms with Gasteiger partial charge in [-0.2, -0.15) is 0 Å². The van der Waals surface area contributed by atoms with Gasteiger partial charge in [0.15, 0.2) is 0 Å². The maximum Gasteiger partial charge on any atom is 0.508 e. The van der Waals surface area contributed by atoms with Crippen LogP contribution in [0.4, 0.5) is 4.79 Å². The topological polar surface area (TPSA) is 35.5 Å². The Kier molecular flexibility index (Phi) is 1.43. The zero-order valence-corrected chi connectivity index (χ0v) is 7.13. The Morgan fingerprint density at radius 3 is 2.58 bits per heavy atom. The average molecular weight is 168 g/mol. The van der Waals surface area contributed by atoms with Gasteiger partial charge in [-0.05, 0) is 19.3 Å². The van der Waals surface area contributed by atoms with E-state index in [4.69, 9.17) is 9.47 Å². The fraction of sp³-hybridized carbons (Fsp3) is 0.667. The van der Waals surface area contributed by atoms with Crippen molar-refractivity contribution in [3.8, 4) is 0 Å². The molecule has 1 unspecified atom stereocenters. The molecule has 1 saturated carbocycles. The van der Waals surface area contributed by atoms with Crippen molar-refractivity contribution in [3.63, 3.8) is 0 Å². The summed E-state index contributed by atoms with van der Waals surface area (Å²) in [5.74, 6) is 0.491. The van der Waals surface area contributed by atoms with Gasteiger partial charge < -0.3 is 9.47 Å². The second-order valence-corrected chi connectivity index (χ2v) is 3.79. The number of ether oxygens (including phenoxy) is 2. The number of hydrogen-bond acceptors (Lipinski definition) is 3. The number of carbonyl (C=O) groups excluding carboxylic acids is 1. The van der Waals surface area contributed by atoms with E-state index < -0.39 is 6.16 Å². The first-order valence-corrected chi connectivity index (χ1v) is 4.09. The van der Waals surface area contributed by atoms with E-state index in [-0.39, 0.29) is 5.41 Å². The highest BCUT2D eigenvalue weighted by Gasteiger charge is 2.58. The van der Waals surface area contributed by atoms with Crippen LogP contribution in [0.3, 0.4) is 0 Å². The van der Waals surface area contributed by atoms with Crippen LogP contribution in [0.25, 0.3) is 0 Å². The molecule has 0 bridgehead atoms. The Bertz CT molecular complexity index is 234. The van der Waals surface area contributed by atoms with Gasteiger partial charge in [0.1, 0.15) is 13.2 Å². The van der Waals surface area contributed by atoms with E-state index in [1.807, 2.05) is 6.92 Å². The summed E-state index contributed by atoms with van der Waals surface area (Å²) in [4.78, 5) is 10.6. The first-order valence-electron chi connectivity index (χ1n) is 4.09. The zero-order chi connectivity index (χ0) is 8.77. The van der Waals surface area contributed by atoms with Crippen molar-refractivity contribution in [2.75, 3.05) is 13.2 Å². The number of cyclic esters (lactones) is 2. The van der Waals surface area contributed by atoms with Gasteiger partial charge in [0, 0.05) is 5.41 Å². The van der Waals surface area contributed by atoms with E-state index in [2.05, 4.69) is 6.58 Å². The molecular weight excluding hydrogens is 156 g/mol. The maximum atomic E-state index is 10.6. The third-order valence-corrected chi connectivity index (χ3v) is 2.74. The summed E-state index contributed by atoms with van der Waals surface area (Å²) in [7, 11) is 0. The van der Waals surface area contributed by atoms with E-state index >= 15 is 0 Å². The lowest BCUT2D eigenvalue weighted by molar-refractivity contribution is -0.0247. The molecule has 0 aromatic carbocycles. The SMILES string of the molecule is C=C(C)C1CC12COC(=O)OC2. The van der Waals surface area contributed by atoms with Crippen LogP contribution < -0.4 is 0 Å². The van der Waals surface area contributed by atoms with Crippen LogP contribution in [-0.4, -0.2) is 19.4 Å².